The van der Waals surface area contributed by atoms with E-state index in [2.05, 4.69) is 56.2 Å². The zero-order valence-corrected chi connectivity index (χ0v) is 11.8. The highest BCUT2D eigenvalue weighted by atomic mass is 15.2. The molecule has 0 heterocycles. The Bertz CT molecular complexity index is 526. The number of nitrogens with two attached hydrogens (primary N) is 1. The van der Waals surface area contributed by atoms with Crippen molar-refractivity contribution in [2.45, 2.75) is 26.3 Å². The van der Waals surface area contributed by atoms with Crippen molar-refractivity contribution in [3.63, 3.8) is 0 Å². The maximum atomic E-state index is 5.71. The van der Waals surface area contributed by atoms with Gasteiger partial charge in [0.25, 0.3) is 0 Å². The van der Waals surface area contributed by atoms with Gasteiger partial charge >= 0.3 is 0 Å². The average molecular weight is 254 g/mol. The molecule has 100 valence electrons. The summed E-state index contributed by atoms with van der Waals surface area (Å²) < 4.78 is 0. The van der Waals surface area contributed by atoms with Crippen molar-refractivity contribution in [3.8, 4) is 0 Å². The normalized spacial score (nSPS) is 20.7. The number of hydrogen-bond donors (Lipinski definition) is 1. The second-order valence-corrected chi connectivity index (χ2v) is 5.65. The Balaban J connectivity index is 2.52. The molecule has 2 N–H and O–H groups in total. The monoisotopic (exact) mass is 254 g/mol. The van der Waals surface area contributed by atoms with E-state index in [4.69, 9.17) is 5.73 Å². The summed E-state index contributed by atoms with van der Waals surface area (Å²) in [6.07, 6.45) is 6.27. The van der Waals surface area contributed by atoms with E-state index >= 15 is 0 Å². The van der Waals surface area contributed by atoms with Gasteiger partial charge < -0.3 is 10.6 Å². The van der Waals surface area contributed by atoms with E-state index < -0.39 is 0 Å². The highest BCUT2D eigenvalue weighted by Gasteiger charge is 2.41. The van der Waals surface area contributed by atoms with Gasteiger partial charge in [0.15, 0.2) is 0 Å². The minimum Gasteiger partial charge on any atom is -0.403 e. The molecule has 1 aromatic rings. The molecule has 2 heteroatoms. The third kappa shape index (κ3) is 2.19. The molecule has 2 rings (SSSR count). The fourth-order valence-corrected chi connectivity index (χ4v) is 3.12. The predicted molar refractivity (Wildman–Crippen MR) is 81.2 cm³/mol. The first kappa shape index (κ1) is 13.5. The summed E-state index contributed by atoms with van der Waals surface area (Å²) in [4.78, 5) is 2.12. The van der Waals surface area contributed by atoms with Crippen molar-refractivity contribution >= 4 is 0 Å². The lowest BCUT2D eigenvalue weighted by Crippen LogP contribution is -2.31. The summed E-state index contributed by atoms with van der Waals surface area (Å²) in [5.74, 6) is 0. The van der Waals surface area contributed by atoms with Crippen LogP contribution in [-0.2, 0) is 6.42 Å². The third-order valence-electron chi connectivity index (χ3n) is 3.89. The van der Waals surface area contributed by atoms with Gasteiger partial charge in [0.2, 0.25) is 0 Å². The van der Waals surface area contributed by atoms with E-state index in [0.29, 0.717) is 0 Å². The zero-order chi connectivity index (χ0) is 14.0. The Morgan fingerprint density at radius 2 is 2.05 bits per heavy atom. The number of benzene rings is 1. The van der Waals surface area contributed by atoms with Gasteiger partial charge in [-0.3, -0.25) is 0 Å². The Morgan fingerprint density at radius 1 is 1.37 bits per heavy atom. The lowest BCUT2D eigenvalue weighted by molar-refractivity contribution is 0.185. The van der Waals surface area contributed by atoms with Crippen LogP contribution in [0.5, 0.6) is 0 Å². The van der Waals surface area contributed by atoms with Crippen LogP contribution in [0.1, 0.15) is 31.0 Å². The van der Waals surface area contributed by atoms with Crippen molar-refractivity contribution < 1.29 is 0 Å². The van der Waals surface area contributed by atoms with E-state index in [0.717, 1.165) is 12.1 Å². The van der Waals surface area contributed by atoms with Gasteiger partial charge in [-0.15, -0.1) is 0 Å². The topological polar surface area (TPSA) is 29.3 Å². The molecule has 0 spiro atoms. The second-order valence-electron chi connectivity index (χ2n) is 5.65. The van der Waals surface area contributed by atoms with Crippen molar-refractivity contribution in [1.29, 1.82) is 0 Å². The van der Waals surface area contributed by atoms with Gasteiger partial charge in [-0.1, -0.05) is 51.3 Å². The number of hydrogen-bond acceptors (Lipinski definition) is 2. The van der Waals surface area contributed by atoms with Crippen molar-refractivity contribution in [2.75, 3.05) is 0 Å². The Labute approximate surface area is 115 Å². The van der Waals surface area contributed by atoms with E-state index in [-0.39, 0.29) is 11.5 Å². The van der Waals surface area contributed by atoms with Crippen LogP contribution in [0, 0.1) is 5.41 Å². The molecule has 0 aromatic heterocycles. The van der Waals surface area contributed by atoms with Gasteiger partial charge in [-0.05, 0) is 35.2 Å². The number of allylic oxidation sites excluding steroid dienone is 1. The molecule has 0 saturated heterocycles. The van der Waals surface area contributed by atoms with E-state index in [1.54, 1.807) is 12.3 Å². The van der Waals surface area contributed by atoms with E-state index in [1.807, 2.05) is 6.20 Å². The fraction of sp³-hybridized carbons (Fsp3) is 0.294. The predicted octanol–water partition coefficient (Wildman–Crippen LogP) is 3.74. The highest BCUT2D eigenvalue weighted by Crippen LogP contribution is 2.49. The third-order valence-corrected chi connectivity index (χ3v) is 3.89. The van der Waals surface area contributed by atoms with Gasteiger partial charge in [-0.25, -0.2) is 0 Å². The lowest BCUT2D eigenvalue weighted by Gasteiger charge is -2.37. The van der Waals surface area contributed by atoms with E-state index in [9.17, 15) is 0 Å². The number of fused-ring (bicyclic) bond motifs is 1. The van der Waals surface area contributed by atoms with Crippen molar-refractivity contribution in [3.05, 3.63) is 72.7 Å². The molecule has 1 aromatic carbocycles. The smallest absolute Gasteiger partial charge is 0.0642 e. The highest BCUT2D eigenvalue weighted by molar-refractivity contribution is 5.39. The molecule has 1 unspecified atom stereocenters. The zero-order valence-electron chi connectivity index (χ0n) is 11.8. The first-order chi connectivity index (χ1) is 9.05. The molecule has 1 atom stereocenters. The van der Waals surface area contributed by atoms with Crippen molar-refractivity contribution in [1.82, 2.24) is 4.90 Å². The van der Waals surface area contributed by atoms with Gasteiger partial charge in [0, 0.05) is 6.20 Å². The van der Waals surface area contributed by atoms with Crippen LogP contribution in [0.15, 0.2) is 61.6 Å². The quantitative estimate of drug-likeness (QED) is 0.829. The van der Waals surface area contributed by atoms with Gasteiger partial charge in [0.05, 0.1) is 11.7 Å². The first-order valence-corrected chi connectivity index (χ1v) is 6.58. The van der Waals surface area contributed by atoms with Crippen LogP contribution in [0.25, 0.3) is 0 Å². The average Bonchev–Trinajstić information content (AvgIpc) is 2.66. The molecule has 2 nitrogen and oxygen atoms in total. The summed E-state index contributed by atoms with van der Waals surface area (Å²) in [5, 5.41) is 0. The molecule has 0 bridgehead atoms. The van der Waals surface area contributed by atoms with Crippen LogP contribution in [0.2, 0.25) is 0 Å². The summed E-state index contributed by atoms with van der Waals surface area (Å²) in [6.45, 7) is 12.3. The summed E-state index contributed by atoms with van der Waals surface area (Å²) in [5.41, 5.74) is 9.50. The standard InChI is InChI=1S/C17H22N2/c1-5-14(12-18)19(6-2)16-15-10-8-7-9-13(15)11-17(16,3)4/h5-10,12,16H,1-2,11,18H2,3-4H3/b14-12-. The van der Waals surface area contributed by atoms with Crippen LogP contribution in [-0.4, -0.2) is 4.90 Å². The first-order valence-electron chi connectivity index (χ1n) is 6.58. The van der Waals surface area contributed by atoms with E-state index in [1.165, 1.54) is 11.1 Å². The number of rotatable bonds is 4. The fourth-order valence-electron chi connectivity index (χ4n) is 3.12. The molecular formula is C17H22N2. The van der Waals surface area contributed by atoms with Crippen LogP contribution >= 0.6 is 0 Å². The molecule has 0 aliphatic heterocycles. The molecule has 0 saturated carbocycles. The van der Waals surface area contributed by atoms with Crippen LogP contribution < -0.4 is 5.73 Å². The number of nitrogens with zero attached hydrogens (tertiary/aromatic N) is 1. The van der Waals surface area contributed by atoms with Crippen molar-refractivity contribution in [2.24, 2.45) is 11.1 Å². The minimum atomic E-state index is 0.134. The molecular weight excluding hydrogens is 232 g/mol. The van der Waals surface area contributed by atoms with Gasteiger partial charge in [-0.2, -0.15) is 0 Å². The maximum Gasteiger partial charge on any atom is 0.0642 e. The molecule has 0 amide bonds. The SMILES string of the molecule is C=C/C(=C/N)N(C=C)C1c2ccccc2CC1(C)C. The summed E-state index contributed by atoms with van der Waals surface area (Å²) >= 11 is 0. The Hall–Kier alpha value is -1.96. The van der Waals surface area contributed by atoms with Crippen LogP contribution in [0.3, 0.4) is 0 Å². The molecule has 19 heavy (non-hydrogen) atoms. The summed E-state index contributed by atoms with van der Waals surface area (Å²) in [7, 11) is 0. The summed E-state index contributed by atoms with van der Waals surface area (Å²) in [6, 6.07) is 8.84. The van der Waals surface area contributed by atoms with Crippen LogP contribution in [0.4, 0.5) is 0 Å². The maximum absolute atomic E-state index is 5.71. The van der Waals surface area contributed by atoms with Gasteiger partial charge in [0.1, 0.15) is 0 Å². The minimum absolute atomic E-state index is 0.134. The Morgan fingerprint density at radius 3 is 2.63 bits per heavy atom. The Kier molecular flexibility index (Phi) is 3.52. The molecule has 0 fully saturated rings. The second kappa shape index (κ2) is 4.96. The molecule has 1 aliphatic carbocycles. The lowest BCUT2D eigenvalue weighted by atomic mass is 9.84. The largest absolute Gasteiger partial charge is 0.403 e. The molecule has 1 aliphatic rings. The molecule has 0 radical (unpaired) electrons.